The predicted octanol–water partition coefficient (Wildman–Crippen LogP) is 3.47. The molecule has 1 aliphatic rings. The van der Waals surface area contributed by atoms with Crippen molar-refractivity contribution in [3.05, 3.63) is 11.1 Å². The molecule has 0 bridgehead atoms. The highest BCUT2D eigenvalue weighted by Crippen LogP contribution is 2.23. The highest BCUT2D eigenvalue weighted by molar-refractivity contribution is 9.10. The molecule has 1 saturated heterocycles. The molecule has 1 fully saturated rings. The molecule has 22 heavy (non-hydrogen) atoms. The molecule has 2 rings (SSSR count). The van der Waals surface area contributed by atoms with Crippen LogP contribution in [0.5, 0.6) is 0 Å². The number of ether oxygens (including phenoxy) is 1. The second-order valence-electron chi connectivity index (χ2n) is 6.83. The smallest absolute Gasteiger partial charge is 0.410 e. The average molecular weight is 373 g/mol. The zero-order valence-electron chi connectivity index (χ0n) is 13.6. The second-order valence-corrected chi connectivity index (χ2v) is 7.54. The summed E-state index contributed by atoms with van der Waals surface area (Å²) in [5.74, 6) is 0.686. The Labute approximate surface area is 140 Å². The van der Waals surface area contributed by atoms with Gasteiger partial charge in [-0.15, -0.1) is 5.10 Å². The van der Waals surface area contributed by atoms with Gasteiger partial charge in [0.05, 0.1) is 0 Å². The van der Waals surface area contributed by atoms with E-state index in [4.69, 9.17) is 4.74 Å². The van der Waals surface area contributed by atoms with E-state index in [-0.39, 0.29) is 6.09 Å². The third-order valence-electron chi connectivity index (χ3n) is 3.77. The lowest BCUT2D eigenvalue weighted by molar-refractivity contribution is 0.0180. The summed E-state index contributed by atoms with van der Waals surface area (Å²) in [6, 6.07) is 0. The first kappa shape index (κ1) is 17.2. The molecule has 1 aliphatic heterocycles. The van der Waals surface area contributed by atoms with Gasteiger partial charge in [-0.1, -0.05) is 0 Å². The molecular formula is C15H25BrN4O2. The van der Waals surface area contributed by atoms with E-state index in [1.165, 1.54) is 6.42 Å². The lowest BCUT2D eigenvalue weighted by Crippen LogP contribution is -2.41. The number of amides is 1. The van der Waals surface area contributed by atoms with Crippen LogP contribution in [0.2, 0.25) is 0 Å². The predicted molar refractivity (Wildman–Crippen MR) is 87.5 cm³/mol. The van der Waals surface area contributed by atoms with Crippen LogP contribution in [0.4, 0.5) is 4.79 Å². The number of piperidine rings is 1. The van der Waals surface area contributed by atoms with Crippen molar-refractivity contribution in [1.82, 2.24) is 19.7 Å². The van der Waals surface area contributed by atoms with Gasteiger partial charge >= 0.3 is 6.09 Å². The molecule has 6 nitrogen and oxygen atoms in total. The topological polar surface area (TPSA) is 60.2 Å². The SMILES string of the molecule is CC(C)(C)OC(=O)N1CCC(CCCn2cnc(Br)n2)CC1. The molecule has 1 amide bonds. The molecule has 0 radical (unpaired) electrons. The van der Waals surface area contributed by atoms with Crippen molar-refractivity contribution < 1.29 is 9.53 Å². The van der Waals surface area contributed by atoms with Crippen LogP contribution in [-0.2, 0) is 11.3 Å². The van der Waals surface area contributed by atoms with Crippen LogP contribution in [0.15, 0.2) is 11.1 Å². The Morgan fingerprint density at radius 3 is 2.64 bits per heavy atom. The van der Waals surface area contributed by atoms with Crippen molar-refractivity contribution in [3.63, 3.8) is 0 Å². The Morgan fingerprint density at radius 2 is 2.09 bits per heavy atom. The summed E-state index contributed by atoms with van der Waals surface area (Å²) < 4.78 is 7.92. The van der Waals surface area contributed by atoms with Gasteiger partial charge in [0.2, 0.25) is 4.73 Å². The number of rotatable bonds is 4. The molecule has 0 unspecified atom stereocenters. The summed E-state index contributed by atoms with van der Waals surface area (Å²) in [4.78, 5) is 17.9. The van der Waals surface area contributed by atoms with Crippen molar-refractivity contribution in [2.24, 2.45) is 5.92 Å². The van der Waals surface area contributed by atoms with Crippen molar-refractivity contribution >= 4 is 22.0 Å². The molecule has 0 aliphatic carbocycles. The van der Waals surface area contributed by atoms with E-state index in [1.807, 2.05) is 30.4 Å². The van der Waals surface area contributed by atoms with E-state index in [9.17, 15) is 4.79 Å². The summed E-state index contributed by atoms with van der Waals surface area (Å²) in [7, 11) is 0. The summed E-state index contributed by atoms with van der Waals surface area (Å²) >= 11 is 3.25. The van der Waals surface area contributed by atoms with Crippen molar-refractivity contribution in [1.29, 1.82) is 0 Å². The van der Waals surface area contributed by atoms with E-state index >= 15 is 0 Å². The van der Waals surface area contributed by atoms with Crippen LogP contribution in [0, 0.1) is 5.92 Å². The van der Waals surface area contributed by atoms with Crippen LogP contribution in [0.1, 0.15) is 46.5 Å². The first-order valence-corrected chi connectivity index (χ1v) is 8.65. The van der Waals surface area contributed by atoms with Gasteiger partial charge in [-0.2, -0.15) is 0 Å². The maximum Gasteiger partial charge on any atom is 0.410 e. The van der Waals surface area contributed by atoms with Crippen LogP contribution in [0.25, 0.3) is 0 Å². The first-order valence-electron chi connectivity index (χ1n) is 7.86. The number of hydrogen-bond donors (Lipinski definition) is 0. The molecule has 1 aromatic rings. The minimum Gasteiger partial charge on any atom is -0.444 e. The Kier molecular flexibility index (Phi) is 5.83. The maximum atomic E-state index is 12.0. The number of likely N-dealkylation sites (tertiary alicyclic amines) is 1. The first-order chi connectivity index (χ1) is 10.3. The fourth-order valence-corrected chi connectivity index (χ4v) is 2.95. The van der Waals surface area contributed by atoms with Crippen molar-refractivity contribution in [2.75, 3.05) is 13.1 Å². The highest BCUT2D eigenvalue weighted by Gasteiger charge is 2.26. The molecule has 0 saturated carbocycles. The van der Waals surface area contributed by atoms with Crippen LogP contribution in [-0.4, -0.2) is 44.4 Å². The summed E-state index contributed by atoms with van der Waals surface area (Å²) in [5.41, 5.74) is -0.417. The van der Waals surface area contributed by atoms with Gasteiger partial charge in [0.15, 0.2) is 0 Å². The molecule has 1 aromatic heterocycles. The molecule has 0 aromatic carbocycles. The van der Waals surface area contributed by atoms with E-state index in [0.717, 1.165) is 38.9 Å². The van der Waals surface area contributed by atoms with Gasteiger partial charge < -0.3 is 9.64 Å². The molecular weight excluding hydrogens is 348 g/mol. The highest BCUT2D eigenvalue weighted by atomic mass is 79.9. The van der Waals surface area contributed by atoms with Gasteiger partial charge in [0.1, 0.15) is 11.9 Å². The van der Waals surface area contributed by atoms with Crippen molar-refractivity contribution in [3.8, 4) is 0 Å². The second kappa shape index (κ2) is 7.44. The number of carbonyl (C=O) groups excluding carboxylic acids is 1. The van der Waals surface area contributed by atoms with Gasteiger partial charge in [-0.05, 0) is 68.3 Å². The quantitative estimate of drug-likeness (QED) is 0.811. The fourth-order valence-electron chi connectivity index (χ4n) is 2.65. The van der Waals surface area contributed by atoms with E-state index < -0.39 is 5.60 Å². The Morgan fingerprint density at radius 1 is 1.41 bits per heavy atom. The Hall–Kier alpha value is -1.11. The lowest BCUT2D eigenvalue weighted by Gasteiger charge is -2.33. The van der Waals surface area contributed by atoms with E-state index in [1.54, 1.807) is 6.33 Å². The van der Waals surface area contributed by atoms with Gasteiger partial charge in [-0.3, -0.25) is 4.68 Å². The normalized spacial score (nSPS) is 16.8. The number of aromatic nitrogens is 3. The van der Waals surface area contributed by atoms with Gasteiger partial charge in [0.25, 0.3) is 0 Å². The minimum atomic E-state index is -0.417. The third-order valence-corrected chi connectivity index (χ3v) is 4.14. The Balaban J connectivity index is 1.65. The molecule has 7 heteroatoms. The lowest BCUT2D eigenvalue weighted by atomic mass is 9.92. The third kappa shape index (κ3) is 5.59. The number of hydrogen-bond acceptors (Lipinski definition) is 4. The molecule has 0 atom stereocenters. The minimum absolute atomic E-state index is 0.182. The number of aryl methyl sites for hydroxylation is 1. The summed E-state index contributed by atoms with van der Waals surface area (Å²) in [6.45, 7) is 8.20. The van der Waals surface area contributed by atoms with Crippen LogP contribution < -0.4 is 0 Å². The standard InChI is InChI=1S/C15H25BrN4O2/c1-15(2,3)22-14(21)19-9-6-12(7-10-19)5-4-8-20-11-17-13(16)18-20/h11-12H,4-10H2,1-3H3. The average Bonchev–Trinajstić information content (AvgIpc) is 2.83. The van der Waals surface area contributed by atoms with Crippen molar-refractivity contribution in [2.45, 2.75) is 58.6 Å². The number of halogens is 1. The largest absolute Gasteiger partial charge is 0.444 e. The zero-order valence-corrected chi connectivity index (χ0v) is 15.2. The molecule has 0 spiro atoms. The zero-order chi connectivity index (χ0) is 16.2. The van der Waals surface area contributed by atoms with Gasteiger partial charge in [-0.25, -0.2) is 9.78 Å². The van der Waals surface area contributed by atoms with Crippen LogP contribution in [0.3, 0.4) is 0 Å². The summed E-state index contributed by atoms with van der Waals surface area (Å²) in [6.07, 6.45) is 5.93. The fraction of sp³-hybridized carbons (Fsp3) is 0.800. The van der Waals surface area contributed by atoms with E-state index in [2.05, 4.69) is 26.0 Å². The molecule has 0 N–H and O–H groups in total. The summed E-state index contributed by atoms with van der Waals surface area (Å²) in [5, 5.41) is 4.22. The number of carbonyl (C=O) groups is 1. The monoisotopic (exact) mass is 372 g/mol. The molecule has 124 valence electrons. The number of nitrogens with zero attached hydrogens (tertiary/aromatic N) is 4. The van der Waals surface area contributed by atoms with Crippen LogP contribution >= 0.6 is 15.9 Å². The molecule has 2 heterocycles. The Bertz CT molecular complexity index is 490. The maximum absolute atomic E-state index is 12.0. The van der Waals surface area contributed by atoms with E-state index in [0.29, 0.717) is 10.7 Å². The van der Waals surface area contributed by atoms with Gasteiger partial charge in [0, 0.05) is 19.6 Å².